The number of amides is 1. The Morgan fingerprint density at radius 3 is 3.18 bits per heavy atom. The fraction of sp³-hybridized carbons (Fsp3) is 0.667. The highest BCUT2D eigenvalue weighted by molar-refractivity contribution is 5.81. The Balaban J connectivity index is 1.59. The summed E-state index contributed by atoms with van der Waals surface area (Å²) < 4.78 is 1.88. The number of carbonyl (C=O) groups excluding carboxylic acids is 1. The van der Waals surface area contributed by atoms with Crippen molar-refractivity contribution in [1.29, 1.82) is 0 Å². The van der Waals surface area contributed by atoms with Crippen molar-refractivity contribution in [3.8, 4) is 0 Å². The summed E-state index contributed by atoms with van der Waals surface area (Å²) in [6, 6.07) is 1.93. The van der Waals surface area contributed by atoms with Crippen LogP contribution in [0.2, 0.25) is 0 Å². The minimum Gasteiger partial charge on any atom is -0.355 e. The number of aryl methyl sites for hydroxylation is 1. The van der Waals surface area contributed by atoms with E-state index in [1.54, 1.807) is 6.20 Å². The van der Waals surface area contributed by atoms with Gasteiger partial charge in [-0.25, -0.2) is 0 Å². The summed E-state index contributed by atoms with van der Waals surface area (Å²) in [6.45, 7) is 2.54. The van der Waals surface area contributed by atoms with Gasteiger partial charge >= 0.3 is 0 Å². The molecule has 1 aliphatic rings. The first-order valence-electron chi connectivity index (χ1n) is 6.35. The molecule has 1 fully saturated rings. The molecule has 1 amide bonds. The molecule has 0 spiro atoms. The number of nitrogens with zero attached hydrogens (tertiary/aromatic N) is 2. The molecule has 2 heterocycles. The van der Waals surface area contributed by atoms with Crippen LogP contribution in [-0.4, -0.2) is 34.8 Å². The van der Waals surface area contributed by atoms with Gasteiger partial charge in [-0.05, 0) is 31.9 Å². The Kier molecular flexibility index (Phi) is 4.55. The van der Waals surface area contributed by atoms with Crippen LogP contribution >= 0.6 is 0 Å². The molecule has 2 N–H and O–H groups in total. The van der Waals surface area contributed by atoms with Gasteiger partial charge in [0.1, 0.15) is 0 Å². The lowest BCUT2D eigenvalue weighted by Gasteiger charge is -2.22. The average Bonchev–Trinajstić information content (AvgIpc) is 2.88. The third kappa shape index (κ3) is 3.85. The molecule has 0 bridgehead atoms. The van der Waals surface area contributed by atoms with Crippen LogP contribution in [0.15, 0.2) is 18.5 Å². The Morgan fingerprint density at radius 1 is 1.53 bits per heavy atom. The van der Waals surface area contributed by atoms with E-state index < -0.39 is 0 Å². The Hall–Kier alpha value is -1.36. The lowest BCUT2D eigenvalue weighted by Crippen LogP contribution is -2.46. The molecule has 0 aromatic carbocycles. The minimum absolute atomic E-state index is 0.0217. The number of aromatic nitrogens is 2. The summed E-state index contributed by atoms with van der Waals surface area (Å²) >= 11 is 0. The number of piperidine rings is 1. The fourth-order valence-electron chi connectivity index (χ4n) is 2.08. The van der Waals surface area contributed by atoms with Crippen LogP contribution in [0.3, 0.4) is 0 Å². The highest BCUT2D eigenvalue weighted by Gasteiger charge is 2.19. The monoisotopic (exact) mass is 236 g/mol. The molecular formula is C12H20N4O. The maximum Gasteiger partial charge on any atom is 0.237 e. The Bertz CT molecular complexity index is 330. The van der Waals surface area contributed by atoms with E-state index in [1.165, 1.54) is 6.42 Å². The Labute approximate surface area is 102 Å². The van der Waals surface area contributed by atoms with E-state index in [0.717, 1.165) is 38.9 Å². The zero-order valence-electron chi connectivity index (χ0n) is 10.1. The van der Waals surface area contributed by atoms with Gasteiger partial charge in [0.15, 0.2) is 0 Å². The van der Waals surface area contributed by atoms with Gasteiger partial charge in [0.25, 0.3) is 0 Å². The predicted molar refractivity (Wildman–Crippen MR) is 65.5 cm³/mol. The summed E-state index contributed by atoms with van der Waals surface area (Å²) in [5.41, 5.74) is 0. The normalized spacial score (nSPS) is 20.1. The van der Waals surface area contributed by atoms with Crippen molar-refractivity contribution in [3.05, 3.63) is 18.5 Å². The highest BCUT2D eigenvalue weighted by atomic mass is 16.2. The van der Waals surface area contributed by atoms with Crippen molar-refractivity contribution in [2.24, 2.45) is 0 Å². The first-order valence-corrected chi connectivity index (χ1v) is 6.35. The second-order valence-corrected chi connectivity index (χ2v) is 4.42. The summed E-state index contributed by atoms with van der Waals surface area (Å²) in [6.07, 6.45) is 7.92. The first-order chi connectivity index (χ1) is 8.36. The van der Waals surface area contributed by atoms with Crippen LogP contribution in [0.5, 0.6) is 0 Å². The van der Waals surface area contributed by atoms with Crippen LogP contribution in [0.25, 0.3) is 0 Å². The lowest BCUT2D eigenvalue weighted by atomic mass is 10.0. The van der Waals surface area contributed by atoms with E-state index in [2.05, 4.69) is 15.7 Å². The van der Waals surface area contributed by atoms with Crippen molar-refractivity contribution >= 4 is 5.91 Å². The molecule has 1 aromatic heterocycles. The Morgan fingerprint density at radius 2 is 2.47 bits per heavy atom. The van der Waals surface area contributed by atoms with Crippen molar-refractivity contribution in [3.63, 3.8) is 0 Å². The van der Waals surface area contributed by atoms with E-state index in [1.807, 2.05) is 16.9 Å². The molecule has 0 saturated carbocycles. The third-order valence-electron chi connectivity index (χ3n) is 3.05. The van der Waals surface area contributed by atoms with Crippen LogP contribution in [0, 0.1) is 0 Å². The molecule has 17 heavy (non-hydrogen) atoms. The van der Waals surface area contributed by atoms with Gasteiger partial charge in [0.05, 0.1) is 6.04 Å². The molecule has 1 saturated heterocycles. The minimum atomic E-state index is 0.0217. The van der Waals surface area contributed by atoms with Crippen LogP contribution in [-0.2, 0) is 11.3 Å². The van der Waals surface area contributed by atoms with Crippen molar-refractivity contribution in [1.82, 2.24) is 20.4 Å². The molecule has 1 aliphatic heterocycles. The third-order valence-corrected chi connectivity index (χ3v) is 3.05. The van der Waals surface area contributed by atoms with Crippen molar-refractivity contribution in [2.75, 3.05) is 13.1 Å². The standard InChI is InChI=1S/C12H20N4O/c17-12(11-5-1-2-6-13-11)14-7-3-9-16-10-4-8-15-16/h4,8,10-11,13H,1-3,5-7,9H2,(H,14,17). The van der Waals surface area contributed by atoms with Crippen LogP contribution in [0.1, 0.15) is 25.7 Å². The molecule has 94 valence electrons. The smallest absolute Gasteiger partial charge is 0.237 e. The second kappa shape index (κ2) is 6.39. The summed E-state index contributed by atoms with van der Waals surface area (Å²) in [4.78, 5) is 11.8. The van der Waals surface area contributed by atoms with Crippen LogP contribution in [0.4, 0.5) is 0 Å². The van der Waals surface area contributed by atoms with Crippen molar-refractivity contribution < 1.29 is 4.79 Å². The molecule has 5 nitrogen and oxygen atoms in total. The lowest BCUT2D eigenvalue weighted by molar-refractivity contribution is -0.123. The second-order valence-electron chi connectivity index (χ2n) is 4.42. The largest absolute Gasteiger partial charge is 0.355 e. The van der Waals surface area contributed by atoms with Gasteiger partial charge in [-0.2, -0.15) is 5.10 Å². The molecule has 0 aliphatic carbocycles. The van der Waals surface area contributed by atoms with Gasteiger partial charge < -0.3 is 10.6 Å². The van der Waals surface area contributed by atoms with Gasteiger partial charge in [-0.1, -0.05) is 6.42 Å². The maximum absolute atomic E-state index is 11.8. The molecule has 1 atom stereocenters. The summed E-state index contributed by atoms with van der Waals surface area (Å²) in [5, 5.41) is 10.3. The van der Waals surface area contributed by atoms with Gasteiger partial charge in [0, 0.05) is 25.5 Å². The van der Waals surface area contributed by atoms with Gasteiger partial charge in [0.2, 0.25) is 5.91 Å². The number of hydrogen-bond acceptors (Lipinski definition) is 3. The zero-order chi connectivity index (χ0) is 11.9. The SMILES string of the molecule is O=C(NCCCn1cccn1)C1CCCCN1. The quantitative estimate of drug-likeness (QED) is 0.733. The fourth-order valence-corrected chi connectivity index (χ4v) is 2.08. The maximum atomic E-state index is 11.8. The number of rotatable bonds is 5. The molecule has 1 unspecified atom stereocenters. The summed E-state index contributed by atoms with van der Waals surface area (Å²) in [5.74, 6) is 0.144. The van der Waals surface area contributed by atoms with E-state index in [0.29, 0.717) is 0 Å². The van der Waals surface area contributed by atoms with Crippen molar-refractivity contribution in [2.45, 2.75) is 38.3 Å². The zero-order valence-corrected chi connectivity index (χ0v) is 10.1. The predicted octanol–water partition coefficient (Wildman–Crippen LogP) is 0.531. The van der Waals surface area contributed by atoms with E-state index in [4.69, 9.17) is 0 Å². The summed E-state index contributed by atoms with van der Waals surface area (Å²) in [7, 11) is 0. The first kappa shape index (κ1) is 12.1. The van der Waals surface area contributed by atoms with Crippen LogP contribution < -0.4 is 10.6 Å². The molecule has 1 aromatic rings. The van der Waals surface area contributed by atoms with E-state index in [-0.39, 0.29) is 11.9 Å². The van der Waals surface area contributed by atoms with Gasteiger partial charge in [-0.15, -0.1) is 0 Å². The van der Waals surface area contributed by atoms with E-state index >= 15 is 0 Å². The van der Waals surface area contributed by atoms with Gasteiger partial charge in [-0.3, -0.25) is 9.48 Å². The topological polar surface area (TPSA) is 59.0 Å². The highest BCUT2D eigenvalue weighted by Crippen LogP contribution is 2.06. The molecule has 5 heteroatoms. The molecule has 0 radical (unpaired) electrons. The average molecular weight is 236 g/mol. The number of nitrogens with one attached hydrogen (secondary N) is 2. The number of hydrogen-bond donors (Lipinski definition) is 2. The molecule has 2 rings (SSSR count). The van der Waals surface area contributed by atoms with E-state index in [9.17, 15) is 4.79 Å². The number of carbonyl (C=O) groups is 1. The molecular weight excluding hydrogens is 216 g/mol.